The van der Waals surface area contributed by atoms with Crippen LogP contribution in [0.2, 0.25) is 0 Å². The van der Waals surface area contributed by atoms with Crippen molar-refractivity contribution in [2.45, 2.75) is 33.6 Å². The van der Waals surface area contributed by atoms with E-state index >= 15 is 0 Å². The fraction of sp³-hybridized carbons (Fsp3) is 0.583. The molecule has 0 amide bonds. The number of nitrogen functional groups attached to an aromatic ring is 1. The first-order chi connectivity index (χ1) is 6.54. The van der Waals surface area contributed by atoms with E-state index in [-0.39, 0.29) is 0 Å². The topological polar surface area (TPSA) is 38.9 Å². The van der Waals surface area contributed by atoms with Crippen molar-refractivity contribution >= 4 is 5.82 Å². The van der Waals surface area contributed by atoms with Gasteiger partial charge in [-0.05, 0) is 29.4 Å². The number of hydrogen-bond acceptors (Lipinski definition) is 2. The van der Waals surface area contributed by atoms with Crippen molar-refractivity contribution in [3.8, 4) is 0 Å². The first kappa shape index (κ1) is 11.0. The molecular weight excluding hydrogens is 172 g/mol. The molecule has 1 rings (SSSR count). The molecule has 0 aromatic carbocycles. The highest BCUT2D eigenvalue weighted by atomic mass is 14.8. The molecule has 2 heteroatoms. The summed E-state index contributed by atoms with van der Waals surface area (Å²) in [5.74, 6) is 2.38. The van der Waals surface area contributed by atoms with Crippen molar-refractivity contribution in [3.05, 3.63) is 23.9 Å². The highest BCUT2D eigenvalue weighted by molar-refractivity contribution is 5.41. The predicted molar refractivity (Wildman–Crippen MR) is 61.1 cm³/mol. The van der Waals surface area contributed by atoms with Gasteiger partial charge in [-0.3, -0.25) is 0 Å². The van der Waals surface area contributed by atoms with E-state index in [1.807, 2.05) is 6.07 Å². The SMILES string of the molecule is CC(C)C(c1cccnc1N)C(C)C. The van der Waals surface area contributed by atoms with Crippen LogP contribution in [0.3, 0.4) is 0 Å². The molecule has 0 aliphatic rings. The molecule has 1 heterocycles. The van der Waals surface area contributed by atoms with Gasteiger partial charge in [-0.25, -0.2) is 4.98 Å². The van der Waals surface area contributed by atoms with Crippen molar-refractivity contribution in [2.75, 3.05) is 5.73 Å². The molecule has 1 aromatic heterocycles. The zero-order chi connectivity index (χ0) is 10.7. The summed E-state index contributed by atoms with van der Waals surface area (Å²) in [6, 6.07) is 4.05. The van der Waals surface area contributed by atoms with Crippen molar-refractivity contribution in [1.82, 2.24) is 4.98 Å². The fourth-order valence-corrected chi connectivity index (χ4v) is 2.20. The molecule has 2 N–H and O–H groups in total. The van der Waals surface area contributed by atoms with Gasteiger partial charge in [0.15, 0.2) is 0 Å². The zero-order valence-corrected chi connectivity index (χ0v) is 9.49. The Kier molecular flexibility index (Phi) is 3.50. The lowest BCUT2D eigenvalue weighted by molar-refractivity contribution is 0.388. The van der Waals surface area contributed by atoms with Crippen molar-refractivity contribution in [3.63, 3.8) is 0 Å². The quantitative estimate of drug-likeness (QED) is 0.799. The summed E-state index contributed by atoms with van der Waals surface area (Å²) in [5, 5.41) is 0. The Morgan fingerprint density at radius 1 is 1.14 bits per heavy atom. The van der Waals surface area contributed by atoms with Gasteiger partial charge >= 0.3 is 0 Å². The summed E-state index contributed by atoms with van der Waals surface area (Å²) in [6.45, 7) is 8.93. The lowest BCUT2D eigenvalue weighted by Gasteiger charge is -2.25. The number of hydrogen-bond donors (Lipinski definition) is 1. The van der Waals surface area contributed by atoms with Gasteiger partial charge in [-0.2, -0.15) is 0 Å². The third-order valence-corrected chi connectivity index (χ3v) is 2.67. The Morgan fingerprint density at radius 2 is 1.71 bits per heavy atom. The summed E-state index contributed by atoms with van der Waals surface area (Å²) in [5.41, 5.74) is 7.08. The summed E-state index contributed by atoms with van der Waals surface area (Å²) in [6.07, 6.45) is 1.75. The number of pyridine rings is 1. The zero-order valence-electron chi connectivity index (χ0n) is 9.49. The van der Waals surface area contributed by atoms with Crippen LogP contribution in [0.4, 0.5) is 5.82 Å². The largest absolute Gasteiger partial charge is 0.383 e. The van der Waals surface area contributed by atoms with Gasteiger partial charge in [0.25, 0.3) is 0 Å². The average molecular weight is 192 g/mol. The number of nitrogens with two attached hydrogens (primary N) is 1. The Labute approximate surface area is 86.5 Å². The Morgan fingerprint density at radius 3 is 2.14 bits per heavy atom. The first-order valence-corrected chi connectivity index (χ1v) is 5.24. The minimum atomic E-state index is 0.503. The van der Waals surface area contributed by atoms with E-state index in [0.29, 0.717) is 23.6 Å². The maximum absolute atomic E-state index is 5.89. The Hall–Kier alpha value is -1.05. The molecule has 78 valence electrons. The third-order valence-electron chi connectivity index (χ3n) is 2.67. The van der Waals surface area contributed by atoms with E-state index in [0.717, 1.165) is 0 Å². The monoisotopic (exact) mass is 192 g/mol. The second-order valence-electron chi connectivity index (χ2n) is 4.49. The van der Waals surface area contributed by atoms with Crippen LogP contribution < -0.4 is 5.73 Å². The van der Waals surface area contributed by atoms with Gasteiger partial charge in [0.05, 0.1) is 0 Å². The third kappa shape index (κ3) is 2.25. The van der Waals surface area contributed by atoms with Gasteiger partial charge in [-0.1, -0.05) is 33.8 Å². The number of nitrogens with zero attached hydrogens (tertiary/aromatic N) is 1. The maximum Gasteiger partial charge on any atom is 0.126 e. The number of aromatic nitrogens is 1. The molecule has 0 aliphatic heterocycles. The molecule has 0 aliphatic carbocycles. The lowest BCUT2D eigenvalue weighted by atomic mass is 9.80. The van der Waals surface area contributed by atoms with Crippen LogP contribution in [0, 0.1) is 11.8 Å². The van der Waals surface area contributed by atoms with Crippen molar-refractivity contribution in [2.24, 2.45) is 11.8 Å². The molecule has 0 unspecified atom stereocenters. The standard InChI is InChI=1S/C12H20N2/c1-8(2)11(9(3)4)10-6-5-7-14-12(10)13/h5-9,11H,1-4H3,(H2,13,14). The van der Waals surface area contributed by atoms with Gasteiger partial charge in [-0.15, -0.1) is 0 Å². The van der Waals surface area contributed by atoms with Gasteiger partial charge < -0.3 is 5.73 Å². The van der Waals surface area contributed by atoms with E-state index in [1.165, 1.54) is 5.56 Å². The molecule has 0 saturated carbocycles. The second-order valence-corrected chi connectivity index (χ2v) is 4.49. The van der Waals surface area contributed by atoms with Crippen LogP contribution in [0.25, 0.3) is 0 Å². The maximum atomic E-state index is 5.89. The van der Waals surface area contributed by atoms with Crippen LogP contribution in [-0.2, 0) is 0 Å². The fourth-order valence-electron chi connectivity index (χ4n) is 2.20. The highest BCUT2D eigenvalue weighted by Gasteiger charge is 2.21. The summed E-state index contributed by atoms with van der Waals surface area (Å²) in [4.78, 5) is 4.14. The van der Waals surface area contributed by atoms with Crippen LogP contribution in [0.1, 0.15) is 39.2 Å². The molecular formula is C12H20N2. The van der Waals surface area contributed by atoms with E-state index in [1.54, 1.807) is 6.20 Å². The molecule has 0 saturated heterocycles. The summed E-state index contributed by atoms with van der Waals surface area (Å²) >= 11 is 0. The minimum absolute atomic E-state index is 0.503. The van der Waals surface area contributed by atoms with E-state index in [9.17, 15) is 0 Å². The second kappa shape index (κ2) is 4.45. The minimum Gasteiger partial charge on any atom is -0.383 e. The van der Waals surface area contributed by atoms with E-state index in [2.05, 4.69) is 38.7 Å². The van der Waals surface area contributed by atoms with Crippen LogP contribution in [0.5, 0.6) is 0 Å². The van der Waals surface area contributed by atoms with Gasteiger partial charge in [0.1, 0.15) is 5.82 Å². The molecule has 0 bridgehead atoms. The predicted octanol–water partition coefficient (Wildman–Crippen LogP) is 3.06. The lowest BCUT2D eigenvalue weighted by Crippen LogP contribution is -2.15. The Balaban J connectivity index is 3.05. The molecule has 0 radical (unpaired) electrons. The summed E-state index contributed by atoms with van der Waals surface area (Å²) in [7, 11) is 0. The molecule has 0 spiro atoms. The van der Waals surface area contributed by atoms with Gasteiger partial charge in [0, 0.05) is 6.20 Å². The number of anilines is 1. The Bertz CT molecular complexity index is 284. The van der Waals surface area contributed by atoms with Crippen LogP contribution in [0.15, 0.2) is 18.3 Å². The number of rotatable bonds is 3. The van der Waals surface area contributed by atoms with Gasteiger partial charge in [0.2, 0.25) is 0 Å². The molecule has 0 atom stereocenters. The van der Waals surface area contributed by atoms with Crippen LogP contribution >= 0.6 is 0 Å². The average Bonchev–Trinajstić information content (AvgIpc) is 2.07. The normalized spacial score (nSPS) is 11.6. The molecule has 2 nitrogen and oxygen atoms in total. The van der Waals surface area contributed by atoms with Crippen LogP contribution in [-0.4, -0.2) is 4.98 Å². The first-order valence-electron chi connectivity index (χ1n) is 5.24. The summed E-state index contributed by atoms with van der Waals surface area (Å²) < 4.78 is 0. The van der Waals surface area contributed by atoms with Crippen molar-refractivity contribution in [1.29, 1.82) is 0 Å². The van der Waals surface area contributed by atoms with Crippen molar-refractivity contribution < 1.29 is 0 Å². The molecule has 14 heavy (non-hydrogen) atoms. The van der Waals surface area contributed by atoms with E-state index in [4.69, 9.17) is 5.73 Å². The van der Waals surface area contributed by atoms with E-state index < -0.39 is 0 Å². The molecule has 0 fully saturated rings. The molecule has 1 aromatic rings. The highest BCUT2D eigenvalue weighted by Crippen LogP contribution is 2.33. The smallest absolute Gasteiger partial charge is 0.126 e.